The predicted molar refractivity (Wildman–Crippen MR) is 224 cm³/mol. The summed E-state index contributed by atoms with van der Waals surface area (Å²) in [5, 5.41) is 8.67. The summed E-state index contributed by atoms with van der Waals surface area (Å²) in [5.41, 5.74) is 9.94. The highest BCUT2D eigenvalue weighted by Crippen LogP contribution is 2.29. The number of carbonyl (C=O) groups is 4. The van der Waals surface area contributed by atoms with Gasteiger partial charge in [-0.3, -0.25) is 19.2 Å². The van der Waals surface area contributed by atoms with E-state index in [2.05, 4.69) is 20.7 Å². The van der Waals surface area contributed by atoms with Crippen LogP contribution in [0.5, 0.6) is 5.75 Å². The van der Waals surface area contributed by atoms with Crippen molar-refractivity contribution in [1.82, 2.24) is 16.0 Å². The van der Waals surface area contributed by atoms with Crippen LogP contribution in [0.3, 0.4) is 0 Å². The average Bonchev–Trinajstić information content (AvgIpc) is 3.27. The monoisotopic (exact) mass is 914 g/mol. The molecule has 0 saturated heterocycles. The second-order valence-corrected chi connectivity index (χ2v) is 14.2. The van der Waals surface area contributed by atoms with Crippen LogP contribution < -0.4 is 32.2 Å². The molecule has 1 atom stereocenters. The van der Waals surface area contributed by atoms with Crippen LogP contribution in [0.25, 0.3) is 0 Å². The maximum Gasteiger partial charge on any atom is 0.313 e. The van der Waals surface area contributed by atoms with Crippen LogP contribution in [0.15, 0.2) is 0 Å². The number of unbranched alkanes of at least 4 members (excludes halogenated alkanes) is 5. The van der Waals surface area contributed by atoms with E-state index in [0.717, 1.165) is 32.6 Å². The van der Waals surface area contributed by atoms with Gasteiger partial charge in [0, 0.05) is 57.8 Å². The van der Waals surface area contributed by atoms with Crippen molar-refractivity contribution in [1.29, 1.82) is 0 Å². The highest BCUT2D eigenvalue weighted by Gasteiger charge is 2.26. The second-order valence-electron chi connectivity index (χ2n) is 14.2. The normalized spacial score (nSPS) is 11.7. The van der Waals surface area contributed by atoms with E-state index in [1.165, 1.54) is 0 Å². The van der Waals surface area contributed by atoms with Crippen molar-refractivity contribution in [3.8, 4) is 5.75 Å². The Morgan fingerprint density at radius 2 is 0.984 bits per heavy atom. The molecule has 1 rings (SSSR count). The minimum atomic E-state index is -1.93. The lowest BCUT2D eigenvalue weighted by Crippen LogP contribution is -2.47. The van der Waals surface area contributed by atoms with Gasteiger partial charge in [0.05, 0.1) is 85.7 Å². The molecule has 7 N–H and O–H groups in total. The van der Waals surface area contributed by atoms with E-state index in [0.29, 0.717) is 118 Å². The molecule has 0 fully saturated rings. The second kappa shape index (κ2) is 38.9. The van der Waals surface area contributed by atoms with Gasteiger partial charge < -0.3 is 65.3 Å². The topological polar surface area (TPSA) is 230 Å². The lowest BCUT2D eigenvalue weighted by molar-refractivity contribution is -0.136. The molecule has 0 aliphatic rings. The molecule has 17 nitrogen and oxygen atoms in total. The fourth-order valence-electron chi connectivity index (χ4n) is 5.48. The van der Waals surface area contributed by atoms with Crippen molar-refractivity contribution < 1.29 is 74.6 Å². The number of rotatable bonds is 42. The zero-order chi connectivity index (χ0) is 46.3. The van der Waals surface area contributed by atoms with Crippen molar-refractivity contribution in [3.63, 3.8) is 0 Å². The van der Waals surface area contributed by atoms with Crippen molar-refractivity contribution in [2.75, 3.05) is 119 Å². The minimum Gasteiger partial charge on any atom is -0.420 e. The first kappa shape index (κ1) is 57.5. The number of esters is 1. The van der Waals surface area contributed by atoms with E-state index in [1.807, 2.05) is 0 Å². The van der Waals surface area contributed by atoms with E-state index in [-0.39, 0.29) is 70.0 Å². The van der Waals surface area contributed by atoms with Crippen molar-refractivity contribution >= 4 is 23.7 Å². The molecule has 364 valence electrons. The summed E-state index contributed by atoms with van der Waals surface area (Å²) in [4.78, 5) is 49.9. The van der Waals surface area contributed by atoms with E-state index in [4.69, 9.17) is 44.6 Å². The highest BCUT2D eigenvalue weighted by atomic mass is 19.2. The smallest absolute Gasteiger partial charge is 0.313 e. The van der Waals surface area contributed by atoms with Crippen LogP contribution in [-0.4, -0.2) is 148 Å². The number of nitrogens with one attached hydrogen (secondary N) is 3. The maximum atomic E-state index is 14.0. The third-order valence-corrected chi connectivity index (χ3v) is 8.95. The first-order chi connectivity index (χ1) is 30.5. The van der Waals surface area contributed by atoms with Crippen LogP contribution >= 0.6 is 0 Å². The molecule has 0 aromatic heterocycles. The maximum absolute atomic E-state index is 14.0. The largest absolute Gasteiger partial charge is 0.420 e. The van der Waals surface area contributed by atoms with E-state index in [1.54, 1.807) is 0 Å². The fraction of sp³-hybridized carbons (Fsp3) is 0.762. The SMILES string of the molecule is Cc1c(F)c(F)c(F)c(OC(=O)CCOCCOCCOCCCCCNC(=O)C(CCCCNC(=O)CCOCCOCCN)NC(=O)CCCCCOCCOCCN)c1F. The van der Waals surface area contributed by atoms with Crippen molar-refractivity contribution in [2.45, 2.75) is 90.0 Å². The molecule has 1 aromatic rings. The number of ether oxygens (including phenoxy) is 8. The number of hydrogen-bond donors (Lipinski definition) is 5. The molecule has 1 unspecified atom stereocenters. The van der Waals surface area contributed by atoms with Crippen LogP contribution in [0.1, 0.15) is 82.6 Å². The summed E-state index contributed by atoms with van der Waals surface area (Å²) in [7, 11) is 0. The van der Waals surface area contributed by atoms with Crippen LogP contribution in [0.4, 0.5) is 17.6 Å². The van der Waals surface area contributed by atoms with Gasteiger partial charge in [0.2, 0.25) is 29.3 Å². The molecular formula is C42H71F4N5O12. The van der Waals surface area contributed by atoms with E-state index < -0.39 is 46.6 Å². The zero-order valence-corrected chi connectivity index (χ0v) is 36.9. The Balaban J connectivity index is 2.25. The minimum absolute atomic E-state index is 0.113. The standard InChI is InChI=1S/C42H71F4N5O12/c1-32-37(43)39(45)40(46)41(38(32)44)63-36(54)13-21-59-27-31-62-30-25-57-19-9-3-6-17-50-42(55)33(51-35(53)11-4-2-8-18-56-24-28-60-22-14-47)10-5-7-16-49-34(52)12-20-58-26-29-61-23-15-48/h33H,2-31,47-48H2,1H3,(H,49,52)(H,50,55)(H,51,53). The Morgan fingerprint density at radius 1 is 0.492 bits per heavy atom. The lowest BCUT2D eigenvalue weighted by atomic mass is 10.1. The van der Waals surface area contributed by atoms with E-state index >= 15 is 0 Å². The van der Waals surface area contributed by atoms with Crippen LogP contribution in [-0.2, 0) is 52.3 Å². The zero-order valence-electron chi connectivity index (χ0n) is 36.9. The van der Waals surface area contributed by atoms with Gasteiger partial charge in [-0.05, 0) is 58.3 Å². The molecule has 21 heteroatoms. The van der Waals surface area contributed by atoms with Crippen molar-refractivity contribution in [2.24, 2.45) is 11.5 Å². The Bertz CT molecular complexity index is 1380. The van der Waals surface area contributed by atoms with E-state index in [9.17, 15) is 36.7 Å². The molecule has 0 aliphatic carbocycles. The van der Waals surface area contributed by atoms with Gasteiger partial charge >= 0.3 is 5.97 Å². The summed E-state index contributed by atoms with van der Waals surface area (Å²) in [6.07, 6.45) is 6.31. The number of nitrogens with two attached hydrogens (primary N) is 2. The molecule has 0 aliphatic heterocycles. The van der Waals surface area contributed by atoms with Gasteiger partial charge in [0.1, 0.15) is 6.04 Å². The summed E-state index contributed by atoms with van der Waals surface area (Å²) >= 11 is 0. The molecule has 0 radical (unpaired) electrons. The summed E-state index contributed by atoms with van der Waals surface area (Å²) in [5.74, 6) is -10.0. The number of carbonyl (C=O) groups excluding carboxylic acids is 4. The molecular weight excluding hydrogens is 842 g/mol. The molecule has 0 spiro atoms. The first-order valence-corrected chi connectivity index (χ1v) is 21.8. The predicted octanol–water partition coefficient (Wildman–Crippen LogP) is 2.89. The molecule has 0 saturated carbocycles. The third-order valence-electron chi connectivity index (χ3n) is 8.95. The number of hydrogen-bond acceptors (Lipinski definition) is 14. The van der Waals surface area contributed by atoms with Crippen molar-refractivity contribution in [3.05, 3.63) is 28.8 Å². The summed E-state index contributed by atoms with van der Waals surface area (Å²) < 4.78 is 96.9. The van der Waals surface area contributed by atoms with Gasteiger partial charge in [-0.15, -0.1) is 0 Å². The summed E-state index contributed by atoms with van der Waals surface area (Å²) in [6.45, 7) is 7.51. The molecule has 0 bridgehead atoms. The molecule has 1 aromatic carbocycles. The summed E-state index contributed by atoms with van der Waals surface area (Å²) in [6, 6.07) is -0.702. The van der Waals surface area contributed by atoms with Crippen LogP contribution in [0.2, 0.25) is 0 Å². The van der Waals surface area contributed by atoms with Gasteiger partial charge in [0.15, 0.2) is 17.5 Å². The lowest BCUT2D eigenvalue weighted by Gasteiger charge is -2.19. The number of halogens is 4. The van der Waals surface area contributed by atoms with Gasteiger partial charge in [-0.25, -0.2) is 13.2 Å². The highest BCUT2D eigenvalue weighted by molar-refractivity contribution is 5.87. The van der Waals surface area contributed by atoms with Gasteiger partial charge in [0.25, 0.3) is 0 Å². The Labute approximate surface area is 368 Å². The Kier molecular flexibility index (Phi) is 35.5. The number of benzene rings is 1. The molecule has 3 amide bonds. The quantitative estimate of drug-likeness (QED) is 0.0159. The van der Waals surface area contributed by atoms with Gasteiger partial charge in [-0.2, -0.15) is 4.39 Å². The van der Waals surface area contributed by atoms with Gasteiger partial charge in [-0.1, -0.05) is 6.42 Å². The number of amides is 3. The molecule has 0 heterocycles. The third kappa shape index (κ3) is 29.5. The Morgan fingerprint density at radius 3 is 1.57 bits per heavy atom. The average molecular weight is 914 g/mol. The first-order valence-electron chi connectivity index (χ1n) is 21.8. The fourth-order valence-corrected chi connectivity index (χ4v) is 5.48. The molecule has 63 heavy (non-hydrogen) atoms. The Hall–Kier alpha value is -3.54. The van der Waals surface area contributed by atoms with Crippen LogP contribution in [0, 0.1) is 30.2 Å².